The van der Waals surface area contributed by atoms with Crippen molar-refractivity contribution < 1.29 is 9.21 Å². The fourth-order valence-corrected chi connectivity index (χ4v) is 2.32. The molecule has 0 aliphatic heterocycles. The minimum atomic E-state index is -0.180. The Morgan fingerprint density at radius 3 is 2.84 bits per heavy atom. The molecule has 0 spiro atoms. The monoisotopic (exact) mass is 339 g/mol. The average Bonchev–Trinajstić information content (AvgIpc) is 2.88. The standard InChI is InChI=1S/C14H11BrClNO2/c1-17(13-6-4-10(15)9-12(13)16)14(18)7-5-11-3-2-8-19-11/h2-9H,1H3. The van der Waals surface area contributed by atoms with E-state index in [1.165, 1.54) is 11.0 Å². The second kappa shape index (κ2) is 6.08. The Balaban J connectivity index is 2.15. The first-order valence-corrected chi connectivity index (χ1v) is 6.69. The maximum absolute atomic E-state index is 12.0. The van der Waals surface area contributed by atoms with Gasteiger partial charge in [-0.25, -0.2) is 0 Å². The topological polar surface area (TPSA) is 33.5 Å². The Kier molecular flexibility index (Phi) is 4.45. The van der Waals surface area contributed by atoms with E-state index in [2.05, 4.69) is 15.9 Å². The van der Waals surface area contributed by atoms with E-state index in [-0.39, 0.29) is 5.91 Å². The largest absolute Gasteiger partial charge is 0.465 e. The van der Waals surface area contributed by atoms with Crippen molar-refractivity contribution in [1.82, 2.24) is 0 Å². The van der Waals surface area contributed by atoms with Crippen LogP contribution in [-0.2, 0) is 4.79 Å². The maximum Gasteiger partial charge on any atom is 0.250 e. The zero-order chi connectivity index (χ0) is 13.8. The van der Waals surface area contributed by atoms with Crippen LogP contribution in [-0.4, -0.2) is 13.0 Å². The maximum atomic E-state index is 12.0. The van der Waals surface area contributed by atoms with Gasteiger partial charge in [-0.1, -0.05) is 27.5 Å². The van der Waals surface area contributed by atoms with Crippen molar-refractivity contribution in [1.29, 1.82) is 0 Å². The Hall–Kier alpha value is -1.52. The summed E-state index contributed by atoms with van der Waals surface area (Å²) in [6.45, 7) is 0. The molecule has 3 nitrogen and oxygen atoms in total. The first kappa shape index (κ1) is 13.9. The van der Waals surface area contributed by atoms with Gasteiger partial charge in [0.1, 0.15) is 5.76 Å². The van der Waals surface area contributed by atoms with E-state index in [9.17, 15) is 4.79 Å². The number of benzene rings is 1. The van der Waals surface area contributed by atoms with Crippen LogP contribution in [0.1, 0.15) is 5.76 Å². The zero-order valence-electron chi connectivity index (χ0n) is 10.1. The lowest BCUT2D eigenvalue weighted by Gasteiger charge is -2.16. The van der Waals surface area contributed by atoms with E-state index < -0.39 is 0 Å². The van der Waals surface area contributed by atoms with Crippen molar-refractivity contribution in [2.45, 2.75) is 0 Å². The van der Waals surface area contributed by atoms with Gasteiger partial charge in [-0.3, -0.25) is 4.79 Å². The fraction of sp³-hybridized carbons (Fsp3) is 0.0714. The van der Waals surface area contributed by atoms with Crippen LogP contribution in [0.2, 0.25) is 5.02 Å². The molecular formula is C14H11BrClNO2. The van der Waals surface area contributed by atoms with Crippen LogP contribution in [0.5, 0.6) is 0 Å². The van der Waals surface area contributed by atoms with Gasteiger partial charge in [0.15, 0.2) is 0 Å². The number of rotatable bonds is 3. The summed E-state index contributed by atoms with van der Waals surface area (Å²) in [4.78, 5) is 13.5. The lowest BCUT2D eigenvalue weighted by molar-refractivity contribution is -0.113. The van der Waals surface area contributed by atoms with Crippen molar-refractivity contribution >= 4 is 45.2 Å². The van der Waals surface area contributed by atoms with Crippen LogP contribution >= 0.6 is 27.5 Å². The number of hydrogen-bond acceptors (Lipinski definition) is 2. The molecule has 2 aromatic rings. The first-order chi connectivity index (χ1) is 9.08. The van der Waals surface area contributed by atoms with E-state index >= 15 is 0 Å². The van der Waals surface area contributed by atoms with Gasteiger partial charge in [-0.05, 0) is 36.4 Å². The van der Waals surface area contributed by atoms with Crippen molar-refractivity contribution in [3.63, 3.8) is 0 Å². The van der Waals surface area contributed by atoms with Gasteiger partial charge in [0.05, 0.1) is 17.0 Å². The molecule has 1 aromatic carbocycles. The molecular weight excluding hydrogens is 330 g/mol. The van der Waals surface area contributed by atoms with Crippen LogP contribution in [0.15, 0.2) is 51.6 Å². The van der Waals surface area contributed by atoms with Gasteiger partial charge in [0.2, 0.25) is 0 Å². The van der Waals surface area contributed by atoms with Crippen LogP contribution in [0, 0.1) is 0 Å². The smallest absolute Gasteiger partial charge is 0.250 e. The molecule has 0 saturated carbocycles. The highest BCUT2D eigenvalue weighted by Gasteiger charge is 2.11. The van der Waals surface area contributed by atoms with Crippen LogP contribution < -0.4 is 4.90 Å². The van der Waals surface area contributed by atoms with Crippen LogP contribution in [0.25, 0.3) is 6.08 Å². The Labute approximate surface area is 124 Å². The summed E-state index contributed by atoms with van der Waals surface area (Å²) in [5.74, 6) is 0.448. The summed E-state index contributed by atoms with van der Waals surface area (Å²) in [5, 5.41) is 0.511. The third-order valence-corrected chi connectivity index (χ3v) is 3.33. The third kappa shape index (κ3) is 3.49. The summed E-state index contributed by atoms with van der Waals surface area (Å²) < 4.78 is 5.99. The third-order valence-electron chi connectivity index (χ3n) is 2.54. The van der Waals surface area contributed by atoms with Crippen molar-refractivity contribution in [2.75, 3.05) is 11.9 Å². The molecule has 1 aromatic heterocycles. The minimum Gasteiger partial charge on any atom is -0.465 e. The van der Waals surface area contributed by atoms with Crippen LogP contribution in [0.3, 0.4) is 0 Å². The Bertz CT molecular complexity index is 608. The molecule has 0 N–H and O–H groups in total. The lowest BCUT2D eigenvalue weighted by Crippen LogP contribution is -2.24. The molecule has 0 unspecified atom stereocenters. The molecule has 0 atom stereocenters. The predicted octanol–water partition coefficient (Wildman–Crippen LogP) is 4.37. The van der Waals surface area contributed by atoms with Gasteiger partial charge < -0.3 is 9.32 Å². The number of nitrogens with zero attached hydrogens (tertiary/aromatic N) is 1. The molecule has 1 heterocycles. The molecule has 0 bridgehead atoms. The molecule has 0 radical (unpaired) electrons. The molecule has 5 heteroatoms. The summed E-state index contributed by atoms with van der Waals surface area (Å²) in [7, 11) is 1.67. The van der Waals surface area contributed by atoms with E-state index in [1.807, 2.05) is 6.07 Å². The van der Waals surface area contributed by atoms with Crippen molar-refractivity contribution in [3.05, 3.63) is 57.9 Å². The highest BCUT2D eigenvalue weighted by atomic mass is 79.9. The molecule has 2 rings (SSSR count). The number of anilines is 1. The quantitative estimate of drug-likeness (QED) is 0.777. The SMILES string of the molecule is CN(C(=O)C=Cc1ccco1)c1ccc(Br)cc1Cl. The number of likely N-dealkylation sites (N-methyl/N-ethyl adjacent to an activating group) is 1. The minimum absolute atomic E-state index is 0.180. The highest BCUT2D eigenvalue weighted by Crippen LogP contribution is 2.28. The zero-order valence-corrected chi connectivity index (χ0v) is 12.5. The lowest BCUT2D eigenvalue weighted by atomic mass is 10.3. The van der Waals surface area contributed by atoms with Gasteiger partial charge in [0, 0.05) is 17.6 Å². The second-order valence-electron chi connectivity index (χ2n) is 3.84. The van der Waals surface area contributed by atoms with Gasteiger partial charge >= 0.3 is 0 Å². The van der Waals surface area contributed by atoms with Gasteiger partial charge in [-0.2, -0.15) is 0 Å². The number of furan rings is 1. The molecule has 0 fully saturated rings. The molecule has 98 valence electrons. The van der Waals surface area contributed by atoms with Crippen molar-refractivity contribution in [3.8, 4) is 0 Å². The average molecular weight is 341 g/mol. The number of amides is 1. The van der Waals surface area contributed by atoms with Crippen LogP contribution in [0.4, 0.5) is 5.69 Å². The molecule has 0 saturated heterocycles. The summed E-state index contributed by atoms with van der Waals surface area (Å²) in [6, 6.07) is 8.90. The summed E-state index contributed by atoms with van der Waals surface area (Å²) >= 11 is 9.43. The molecule has 0 aliphatic carbocycles. The van der Waals surface area contributed by atoms with Gasteiger partial charge in [0.25, 0.3) is 5.91 Å². The Morgan fingerprint density at radius 1 is 1.42 bits per heavy atom. The summed E-state index contributed by atoms with van der Waals surface area (Å²) in [6.07, 6.45) is 4.61. The first-order valence-electron chi connectivity index (χ1n) is 5.52. The normalized spacial score (nSPS) is 10.9. The van der Waals surface area contributed by atoms with E-state index in [4.69, 9.17) is 16.0 Å². The van der Waals surface area contributed by atoms with Crippen molar-refractivity contribution in [2.24, 2.45) is 0 Å². The highest BCUT2D eigenvalue weighted by molar-refractivity contribution is 9.10. The van der Waals surface area contributed by atoms with E-state index in [0.717, 1.165) is 4.47 Å². The molecule has 1 amide bonds. The van der Waals surface area contributed by atoms with E-state index in [0.29, 0.717) is 16.5 Å². The second-order valence-corrected chi connectivity index (χ2v) is 5.16. The number of halogens is 2. The molecule has 0 aliphatic rings. The summed E-state index contributed by atoms with van der Waals surface area (Å²) in [5.41, 5.74) is 0.652. The predicted molar refractivity (Wildman–Crippen MR) is 80.3 cm³/mol. The number of carbonyl (C=O) groups is 1. The fourth-order valence-electron chi connectivity index (χ4n) is 1.52. The molecule has 19 heavy (non-hydrogen) atoms. The van der Waals surface area contributed by atoms with Gasteiger partial charge in [-0.15, -0.1) is 0 Å². The number of hydrogen-bond donors (Lipinski definition) is 0. The number of carbonyl (C=O) groups excluding carboxylic acids is 1. The Morgan fingerprint density at radius 2 is 2.21 bits per heavy atom. The van der Waals surface area contributed by atoms with E-state index in [1.54, 1.807) is 43.7 Å².